The zero-order valence-corrected chi connectivity index (χ0v) is 14.3. The fraction of sp³-hybridized carbons (Fsp3) is 0.133. The Bertz CT molecular complexity index is 937. The van der Waals surface area contributed by atoms with Crippen molar-refractivity contribution in [3.63, 3.8) is 0 Å². The first-order chi connectivity index (χ1) is 11.1. The first-order valence-corrected chi connectivity index (χ1v) is 9.94. The molecule has 0 unspecified atom stereocenters. The summed E-state index contributed by atoms with van der Waals surface area (Å²) in [5.74, 6) is -0.720. The van der Waals surface area contributed by atoms with E-state index in [0.717, 1.165) is 0 Å². The number of hydrogen-bond acceptors (Lipinski definition) is 5. The number of carbonyl (C=O) groups excluding carboxylic acids is 1. The highest BCUT2D eigenvalue weighted by molar-refractivity contribution is 7.92. The topological polar surface area (TPSA) is 123 Å². The van der Waals surface area contributed by atoms with Crippen molar-refractivity contribution in [2.45, 2.75) is 22.0 Å². The van der Waals surface area contributed by atoms with Crippen molar-refractivity contribution in [2.75, 3.05) is 5.32 Å². The van der Waals surface area contributed by atoms with Crippen molar-refractivity contribution < 1.29 is 21.6 Å². The van der Waals surface area contributed by atoms with Crippen LogP contribution in [-0.4, -0.2) is 28.0 Å². The van der Waals surface area contributed by atoms with E-state index in [0.29, 0.717) is 0 Å². The Morgan fingerprint density at radius 2 is 1.46 bits per heavy atom. The minimum absolute atomic E-state index is 0.0530. The largest absolute Gasteiger partial charge is 0.325 e. The number of amides is 1. The van der Waals surface area contributed by atoms with Crippen LogP contribution in [-0.2, 0) is 24.7 Å². The van der Waals surface area contributed by atoms with Crippen LogP contribution in [0.15, 0.2) is 64.4 Å². The summed E-state index contributed by atoms with van der Waals surface area (Å²) in [6.45, 7) is 1.29. The normalized spacial score (nSPS) is 13.2. The molecule has 0 spiro atoms. The van der Waals surface area contributed by atoms with Gasteiger partial charge in [0.05, 0.1) is 9.79 Å². The lowest BCUT2D eigenvalue weighted by atomic mass is 10.3. The van der Waals surface area contributed by atoms with Gasteiger partial charge in [0.15, 0.2) is 9.84 Å². The maximum atomic E-state index is 12.4. The van der Waals surface area contributed by atoms with Crippen LogP contribution in [0.3, 0.4) is 0 Å². The quantitative estimate of drug-likeness (QED) is 0.819. The second kappa shape index (κ2) is 6.71. The van der Waals surface area contributed by atoms with Gasteiger partial charge in [0, 0.05) is 5.69 Å². The van der Waals surface area contributed by atoms with E-state index in [1.807, 2.05) is 0 Å². The molecule has 0 fully saturated rings. The summed E-state index contributed by atoms with van der Waals surface area (Å²) in [4.78, 5) is 12.1. The molecule has 2 rings (SSSR count). The van der Waals surface area contributed by atoms with Crippen molar-refractivity contribution in [1.82, 2.24) is 0 Å². The molecule has 0 saturated carbocycles. The first-order valence-electron chi connectivity index (χ1n) is 6.85. The molecule has 0 heterocycles. The third-order valence-corrected chi connectivity index (χ3v) is 6.36. The zero-order valence-electron chi connectivity index (χ0n) is 12.7. The monoisotopic (exact) mass is 368 g/mol. The summed E-state index contributed by atoms with van der Waals surface area (Å²) in [6.07, 6.45) is 0. The minimum Gasteiger partial charge on any atom is -0.325 e. The fourth-order valence-electron chi connectivity index (χ4n) is 1.93. The fourth-order valence-corrected chi connectivity index (χ4v) is 3.73. The van der Waals surface area contributed by atoms with Gasteiger partial charge in [-0.05, 0) is 43.3 Å². The maximum absolute atomic E-state index is 12.4. The van der Waals surface area contributed by atoms with E-state index in [2.05, 4.69) is 5.32 Å². The van der Waals surface area contributed by atoms with Crippen LogP contribution in [0.2, 0.25) is 0 Å². The van der Waals surface area contributed by atoms with Gasteiger partial charge in [-0.1, -0.05) is 18.2 Å². The smallest absolute Gasteiger partial charge is 0.242 e. The number of hydrogen-bond donors (Lipinski definition) is 2. The van der Waals surface area contributed by atoms with Gasteiger partial charge in [-0.25, -0.2) is 22.0 Å². The number of sulfone groups is 1. The molecule has 0 aromatic heterocycles. The lowest BCUT2D eigenvalue weighted by Crippen LogP contribution is -2.32. The Morgan fingerprint density at radius 1 is 0.917 bits per heavy atom. The van der Waals surface area contributed by atoms with Gasteiger partial charge < -0.3 is 5.32 Å². The van der Waals surface area contributed by atoms with Crippen LogP contribution in [0.5, 0.6) is 0 Å². The van der Waals surface area contributed by atoms with Crippen molar-refractivity contribution in [1.29, 1.82) is 0 Å². The number of carbonyl (C=O) groups is 1. The lowest BCUT2D eigenvalue weighted by Gasteiger charge is -2.13. The Hall–Kier alpha value is -2.23. The molecule has 2 aromatic carbocycles. The minimum atomic E-state index is -3.83. The molecule has 7 nitrogen and oxygen atoms in total. The Morgan fingerprint density at radius 3 is 1.96 bits per heavy atom. The van der Waals surface area contributed by atoms with Gasteiger partial charge in [0.1, 0.15) is 5.25 Å². The average molecular weight is 368 g/mol. The van der Waals surface area contributed by atoms with Gasteiger partial charge >= 0.3 is 0 Å². The van der Waals surface area contributed by atoms with Gasteiger partial charge in [-0.2, -0.15) is 0 Å². The summed E-state index contributed by atoms with van der Waals surface area (Å²) < 4.78 is 47.1. The van der Waals surface area contributed by atoms with E-state index in [1.165, 1.54) is 43.3 Å². The van der Waals surface area contributed by atoms with Gasteiger partial charge in [-0.15, -0.1) is 0 Å². The summed E-state index contributed by atoms with van der Waals surface area (Å²) in [5, 5.41) is 6.12. The second-order valence-corrected chi connectivity index (χ2v) is 8.89. The highest BCUT2D eigenvalue weighted by Gasteiger charge is 2.29. The molecule has 1 amide bonds. The number of anilines is 1. The predicted molar refractivity (Wildman–Crippen MR) is 89.5 cm³/mol. The number of benzene rings is 2. The van der Waals surface area contributed by atoms with E-state index >= 15 is 0 Å². The molecule has 0 bridgehead atoms. The first kappa shape index (κ1) is 18.1. The van der Waals surface area contributed by atoms with Crippen LogP contribution in [0.25, 0.3) is 0 Å². The number of sulfonamides is 1. The van der Waals surface area contributed by atoms with E-state index in [-0.39, 0.29) is 15.5 Å². The highest BCUT2D eigenvalue weighted by atomic mass is 32.2. The van der Waals surface area contributed by atoms with Crippen molar-refractivity contribution in [3.05, 3.63) is 54.6 Å². The molecule has 3 N–H and O–H groups in total. The van der Waals surface area contributed by atoms with E-state index < -0.39 is 31.0 Å². The number of rotatable bonds is 5. The number of nitrogens with two attached hydrogens (primary N) is 1. The van der Waals surface area contributed by atoms with Crippen molar-refractivity contribution in [3.8, 4) is 0 Å². The van der Waals surface area contributed by atoms with Crippen molar-refractivity contribution in [2.24, 2.45) is 5.14 Å². The standard InChI is InChI=1S/C15H16N2O5S2/c1-11(23(19,20)13-5-3-2-4-6-13)15(18)17-12-7-9-14(10-8-12)24(16,21)22/h2-11H,1H3,(H,17,18)(H2,16,21,22)/t11-/m1/s1. The van der Waals surface area contributed by atoms with Crippen molar-refractivity contribution >= 4 is 31.5 Å². The average Bonchev–Trinajstić information content (AvgIpc) is 2.54. The second-order valence-electron chi connectivity index (χ2n) is 5.06. The third-order valence-electron chi connectivity index (χ3n) is 3.36. The summed E-state index contributed by atoms with van der Waals surface area (Å²) >= 11 is 0. The zero-order chi connectivity index (χ0) is 18.0. The van der Waals surface area contributed by atoms with E-state index in [9.17, 15) is 21.6 Å². The molecule has 128 valence electrons. The molecule has 0 aliphatic rings. The predicted octanol–water partition coefficient (Wildman–Crippen LogP) is 1.13. The van der Waals surface area contributed by atoms with Crippen LogP contribution in [0, 0.1) is 0 Å². The molecule has 2 aromatic rings. The molecular formula is C15H16N2O5S2. The Kier molecular flexibility index (Phi) is 5.07. The molecule has 9 heteroatoms. The molecule has 0 saturated heterocycles. The maximum Gasteiger partial charge on any atom is 0.242 e. The number of nitrogens with one attached hydrogen (secondary N) is 1. The highest BCUT2D eigenvalue weighted by Crippen LogP contribution is 2.18. The lowest BCUT2D eigenvalue weighted by molar-refractivity contribution is -0.115. The van der Waals surface area contributed by atoms with Crippen LogP contribution in [0.1, 0.15) is 6.92 Å². The Balaban J connectivity index is 2.18. The van der Waals surface area contributed by atoms with Crippen LogP contribution >= 0.6 is 0 Å². The summed E-state index contributed by atoms with van der Waals surface area (Å²) in [7, 11) is -7.65. The van der Waals surface area contributed by atoms with Gasteiger partial charge in [0.25, 0.3) is 0 Å². The van der Waals surface area contributed by atoms with Crippen LogP contribution < -0.4 is 10.5 Å². The summed E-state index contributed by atoms with van der Waals surface area (Å²) in [6, 6.07) is 12.8. The summed E-state index contributed by atoms with van der Waals surface area (Å²) in [5.41, 5.74) is 0.266. The van der Waals surface area contributed by atoms with Crippen LogP contribution in [0.4, 0.5) is 5.69 Å². The number of primary sulfonamides is 1. The molecule has 24 heavy (non-hydrogen) atoms. The molecule has 0 radical (unpaired) electrons. The van der Waals surface area contributed by atoms with Gasteiger partial charge in [0.2, 0.25) is 15.9 Å². The molecule has 0 aliphatic carbocycles. The molecule has 0 aliphatic heterocycles. The van der Waals surface area contributed by atoms with E-state index in [1.54, 1.807) is 18.2 Å². The molecule has 1 atom stereocenters. The van der Waals surface area contributed by atoms with Gasteiger partial charge in [-0.3, -0.25) is 4.79 Å². The third kappa shape index (κ3) is 3.99. The Labute approximate surface area is 140 Å². The molecular weight excluding hydrogens is 352 g/mol. The SMILES string of the molecule is C[C@H](C(=O)Nc1ccc(S(N)(=O)=O)cc1)S(=O)(=O)c1ccccc1. The van der Waals surface area contributed by atoms with E-state index in [4.69, 9.17) is 5.14 Å².